The number of nitrogen functional groups attached to an aromatic ring is 1. The summed E-state index contributed by atoms with van der Waals surface area (Å²) in [6.45, 7) is 0. The van der Waals surface area contributed by atoms with Gasteiger partial charge in [0.15, 0.2) is 9.84 Å². The van der Waals surface area contributed by atoms with E-state index in [4.69, 9.17) is 17.3 Å². The van der Waals surface area contributed by atoms with E-state index in [0.29, 0.717) is 6.26 Å². The Bertz CT molecular complexity index is 682. The summed E-state index contributed by atoms with van der Waals surface area (Å²) in [5.41, 5.74) is -3.39. The minimum absolute atomic E-state index is 0.00739. The first-order chi connectivity index (χ1) is 9.53. The maximum atomic E-state index is 13.9. The Morgan fingerprint density at radius 3 is 1.73 bits per heavy atom. The summed E-state index contributed by atoms with van der Waals surface area (Å²) in [5.74, 6) is 0. The quantitative estimate of drug-likeness (QED) is 0.636. The molecule has 0 atom stereocenters. The number of hydrogen-bond acceptors (Lipinski definition) is 3. The van der Waals surface area contributed by atoms with Gasteiger partial charge in [-0.05, 0) is 12.1 Å². The van der Waals surface area contributed by atoms with E-state index in [0.717, 1.165) is 0 Å². The standard InChI is InChI=1S/C10H7ClF7NO2S/c1-22(20,21)6-3-4(2-5(11)7(6)19)8(12,9(13,14)15)10(16,17)18/h2-3H,19H2,1H3. The summed E-state index contributed by atoms with van der Waals surface area (Å²) in [4.78, 5) is -1.13. The molecule has 0 aromatic heterocycles. The van der Waals surface area contributed by atoms with Crippen LogP contribution in [0.1, 0.15) is 5.56 Å². The van der Waals surface area contributed by atoms with E-state index in [1.165, 1.54) is 0 Å². The monoisotopic (exact) mass is 373 g/mol. The predicted molar refractivity (Wildman–Crippen MR) is 63.9 cm³/mol. The van der Waals surface area contributed by atoms with Crippen LogP contribution in [0.3, 0.4) is 0 Å². The molecule has 22 heavy (non-hydrogen) atoms. The van der Waals surface area contributed by atoms with E-state index in [-0.39, 0.29) is 12.1 Å². The molecule has 1 rings (SSSR count). The van der Waals surface area contributed by atoms with Gasteiger partial charge in [0, 0.05) is 11.8 Å². The summed E-state index contributed by atoms with van der Waals surface area (Å²) < 4.78 is 112. The van der Waals surface area contributed by atoms with Gasteiger partial charge < -0.3 is 5.73 Å². The minimum atomic E-state index is -6.39. The fourth-order valence-corrected chi connectivity index (χ4v) is 2.71. The van der Waals surface area contributed by atoms with Crippen LogP contribution in [0, 0.1) is 0 Å². The van der Waals surface area contributed by atoms with Crippen LogP contribution in [0.2, 0.25) is 5.02 Å². The molecule has 0 radical (unpaired) electrons. The molecule has 0 bridgehead atoms. The number of sulfone groups is 1. The average Bonchev–Trinajstić information content (AvgIpc) is 2.26. The van der Waals surface area contributed by atoms with E-state index < -0.39 is 49.0 Å². The van der Waals surface area contributed by atoms with E-state index in [2.05, 4.69) is 0 Å². The molecule has 0 unspecified atom stereocenters. The lowest BCUT2D eigenvalue weighted by molar-refractivity contribution is -0.348. The largest absolute Gasteiger partial charge is 0.435 e. The molecule has 0 aliphatic heterocycles. The van der Waals surface area contributed by atoms with Crippen molar-refractivity contribution >= 4 is 27.1 Å². The van der Waals surface area contributed by atoms with Crippen molar-refractivity contribution in [2.24, 2.45) is 0 Å². The van der Waals surface area contributed by atoms with Crippen molar-refractivity contribution < 1.29 is 39.2 Å². The van der Waals surface area contributed by atoms with E-state index in [1.54, 1.807) is 0 Å². The van der Waals surface area contributed by atoms with Crippen molar-refractivity contribution in [3.63, 3.8) is 0 Å². The molecule has 0 fully saturated rings. The third-order valence-corrected chi connectivity index (χ3v) is 4.12. The van der Waals surface area contributed by atoms with Crippen molar-refractivity contribution in [3.05, 3.63) is 22.7 Å². The summed E-state index contributed by atoms with van der Waals surface area (Å²) in [6.07, 6.45) is -12.3. The molecule has 0 heterocycles. The zero-order valence-electron chi connectivity index (χ0n) is 10.5. The first-order valence-corrected chi connectivity index (χ1v) is 7.42. The van der Waals surface area contributed by atoms with E-state index in [9.17, 15) is 39.2 Å². The highest BCUT2D eigenvalue weighted by Gasteiger charge is 2.73. The lowest BCUT2D eigenvalue weighted by Gasteiger charge is -2.30. The molecular formula is C10H7ClF7NO2S. The zero-order valence-corrected chi connectivity index (χ0v) is 12.1. The number of alkyl halides is 7. The lowest BCUT2D eigenvalue weighted by atomic mass is 9.94. The van der Waals surface area contributed by atoms with Gasteiger partial charge in [-0.1, -0.05) is 11.6 Å². The Labute approximate surface area is 124 Å². The Balaban J connectivity index is 3.85. The maximum absolute atomic E-state index is 13.9. The third kappa shape index (κ3) is 2.96. The van der Waals surface area contributed by atoms with Crippen LogP contribution in [0.25, 0.3) is 0 Å². The number of hydrogen-bond donors (Lipinski definition) is 1. The SMILES string of the molecule is CS(=O)(=O)c1cc(C(F)(C(F)(F)F)C(F)(F)F)cc(Cl)c1N. The van der Waals surface area contributed by atoms with E-state index in [1.807, 2.05) is 0 Å². The highest BCUT2D eigenvalue weighted by atomic mass is 35.5. The molecule has 1 aromatic carbocycles. The van der Waals surface area contributed by atoms with Gasteiger partial charge in [0.25, 0.3) is 0 Å². The average molecular weight is 374 g/mol. The predicted octanol–water partition coefficient (Wildman–Crippen LogP) is 3.62. The second-order valence-corrected chi connectivity index (χ2v) is 6.69. The lowest BCUT2D eigenvalue weighted by Crippen LogP contribution is -2.50. The molecule has 3 nitrogen and oxygen atoms in total. The van der Waals surface area contributed by atoms with Crippen molar-refractivity contribution in [1.29, 1.82) is 0 Å². The number of anilines is 1. The molecule has 0 spiro atoms. The van der Waals surface area contributed by atoms with Crippen molar-refractivity contribution in [1.82, 2.24) is 0 Å². The topological polar surface area (TPSA) is 60.2 Å². The second-order valence-electron chi connectivity index (χ2n) is 4.30. The summed E-state index contributed by atoms with van der Waals surface area (Å²) in [5, 5.41) is -0.951. The Hall–Kier alpha value is -1.23. The third-order valence-electron chi connectivity index (χ3n) is 2.67. The molecular weight excluding hydrogens is 367 g/mol. The van der Waals surface area contributed by atoms with Crippen LogP contribution in [0.5, 0.6) is 0 Å². The molecule has 1 aromatic rings. The summed E-state index contributed by atoms with van der Waals surface area (Å²) >= 11 is 5.34. The maximum Gasteiger partial charge on any atom is 0.435 e. The smallest absolute Gasteiger partial charge is 0.396 e. The van der Waals surface area contributed by atoms with Crippen LogP contribution >= 0.6 is 11.6 Å². The molecule has 0 aliphatic rings. The number of benzene rings is 1. The number of halogens is 8. The van der Waals surface area contributed by atoms with Crippen molar-refractivity contribution in [2.45, 2.75) is 22.9 Å². The normalized spacial score (nSPS) is 14.2. The summed E-state index contributed by atoms with van der Waals surface area (Å²) in [7, 11) is -4.34. The molecule has 0 amide bonds. The Kier molecular flexibility index (Phi) is 4.41. The second kappa shape index (κ2) is 5.15. The van der Waals surface area contributed by atoms with Gasteiger partial charge in [0.2, 0.25) is 0 Å². The molecule has 0 saturated heterocycles. The first kappa shape index (κ1) is 18.8. The fraction of sp³-hybridized carbons (Fsp3) is 0.400. The van der Waals surface area contributed by atoms with Gasteiger partial charge in [0.1, 0.15) is 0 Å². The van der Waals surface area contributed by atoms with Gasteiger partial charge in [-0.15, -0.1) is 0 Å². The highest BCUT2D eigenvalue weighted by molar-refractivity contribution is 7.90. The van der Waals surface area contributed by atoms with Crippen LogP contribution in [0.15, 0.2) is 17.0 Å². The van der Waals surface area contributed by atoms with Gasteiger partial charge in [-0.2, -0.15) is 26.3 Å². The first-order valence-electron chi connectivity index (χ1n) is 5.15. The number of nitrogens with two attached hydrogens (primary N) is 1. The van der Waals surface area contributed by atoms with Crippen LogP contribution < -0.4 is 5.73 Å². The van der Waals surface area contributed by atoms with Crippen LogP contribution in [-0.4, -0.2) is 27.0 Å². The van der Waals surface area contributed by atoms with Gasteiger partial charge >= 0.3 is 18.0 Å². The van der Waals surface area contributed by atoms with Crippen molar-refractivity contribution in [2.75, 3.05) is 12.0 Å². The fourth-order valence-electron chi connectivity index (χ4n) is 1.59. The van der Waals surface area contributed by atoms with Crippen LogP contribution in [0.4, 0.5) is 36.4 Å². The van der Waals surface area contributed by atoms with Gasteiger partial charge in [0.05, 0.1) is 15.6 Å². The minimum Gasteiger partial charge on any atom is -0.396 e. The van der Waals surface area contributed by atoms with Crippen molar-refractivity contribution in [3.8, 4) is 0 Å². The molecule has 126 valence electrons. The molecule has 2 N–H and O–H groups in total. The zero-order chi connectivity index (χ0) is 17.7. The van der Waals surface area contributed by atoms with E-state index >= 15 is 0 Å². The molecule has 0 saturated carbocycles. The van der Waals surface area contributed by atoms with Crippen LogP contribution in [-0.2, 0) is 15.5 Å². The summed E-state index contributed by atoms with van der Waals surface area (Å²) in [6, 6.07) is -0.135. The molecule has 0 aliphatic carbocycles. The van der Waals surface area contributed by atoms with Gasteiger partial charge in [-0.25, -0.2) is 12.8 Å². The Morgan fingerprint density at radius 2 is 1.41 bits per heavy atom. The Morgan fingerprint density at radius 1 is 1.00 bits per heavy atom. The molecule has 12 heteroatoms. The number of rotatable bonds is 2. The highest BCUT2D eigenvalue weighted by Crippen LogP contribution is 2.54. The van der Waals surface area contributed by atoms with Gasteiger partial charge in [-0.3, -0.25) is 0 Å².